The molecule has 2 aromatic heterocycles. The van der Waals surface area contributed by atoms with Crippen LogP contribution in [0.2, 0.25) is 0 Å². The number of H-pyrrole nitrogens is 1. The molecule has 7 heteroatoms. The number of likely N-dealkylation sites (N-methyl/N-ethyl adjacent to an activating group) is 1. The molecule has 0 bridgehead atoms. The van der Waals surface area contributed by atoms with Gasteiger partial charge < -0.3 is 4.90 Å². The van der Waals surface area contributed by atoms with Gasteiger partial charge in [-0.1, -0.05) is 30.3 Å². The fraction of sp³-hybridized carbons (Fsp3) is 0.421. The van der Waals surface area contributed by atoms with Crippen molar-refractivity contribution >= 4 is 11.3 Å². The van der Waals surface area contributed by atoms with Gasteiger partial charge in [-0.25, -0.2) is 14.8 Å². The smallest absolute Gasteiger partial charge is 0.304 e. The maximum Gasteiger partial charge on any atom is 0.329 e. The number of benzene rings is 1. The number of aromatic amines is 1. The van der Waals surface area contributed by atoms with E-state index in [-0.39, 0.29) is 11.7 Å². The Hall–Kier alpha value is -2.51. The lowest BCUT2D eigenvalue weighted by Gasteiger charge is -2.31. The normalized spacial score (nSPS) is 17.6. The number of aromatic nitrogens is 4. The summed E-state index contributed by atoms with van der Waals surface area (Å²) < 4.78 is 1.70. The molecule has 26 heavy (non-hydrogen) atoms. The summed E-state index contributed by atoms with van der Waals surface area (Å²) in [5.74, 6) is 0. The highest BCUT2D eigenvalue weighted by Gasteiger charge is 2.19. The monoisotopic (exact) mass is 352 g/mol. The Bertz CT molecular complexity index is 940. The highest BCUT2D eigenvalue weighted by molar-refractivity contribution is 5.65. The number of hydrogen-bond donors (Lipinski definition) is 1. The van der Waals surface area contributed by atoms with Gasteiger partial charge in [-0.2, -0.15) is 0 Å². The summed E-state index contributed by atoms with van der Waals surface area (Å²) in [5, 5.41) is 0. The quantitative estimate of drug-likeness (QED) is 0.770. The van der Waals surface area contributed by atoms with Crippen LogP contribution in [-0.4, -0.2) is 62.5 Å². The molecule has 0 aliphatic carbocycles. The first-order chi connectivity index (χ1) is 12.6. The minimum absolute atomic E-state index is 0.106. The van der Waals surface area contributed by atoms with Crippen molar-refractivity contribution in [1.82, 2.24) is 29.3 Å². The van der Waals surface area contributed by atoms with Crippen molar-refractivity contribution in [1.29, 1.82) is 0 Å². The summed E-state index contributed by atoms with van der Waals surface area (Å²) >= 11 is 0. The predicted octanol–water partition coefficient (Wildman–Crippen LogP) is 1.48. The molecule has 3 aromatic rings. The molecule has 1 atom stereocenters. The van der Waals surface area contributed by atoms with Gasteiger partial charge in [-0.15, -0.1) is 0 Å². The summed E-state index contributed by atoms with van der Waals surface area (Å²) in [6, 6.07) is 9.88. The Morgan fingerprint density at radius 1 is 1.15 bits per heavy atom. The standard InChI is InChI=1S/C19H24N6O/c1-14(15-6-4-3-5-7-15)25-18-17(22-19(25)26)20-12-16(21-18)13-24-10-8-23(2)9-11-24/h3-7,12,14H,8-11,13H2,1-2H3,(H,20,22,26)/t14-/m0/s1. The Morgan fingerprint density at radius 3 is 2.62 bits per heavy atom. The van der Waals surface area contributed by atoms with Crippen molar-refractivity contribution in [2.24, 2.45) is 0 Å². The van der Waals surface area contributed by atoms with Crippen LogP contribution >= 0.6 is 0 Å². The highest BCUT2D eigenvalue weighted by atomic mass is 16.1. The lowest BCUT2D eigenvalue weighted by atomic mass is 10.1. The molecule has 1 aliphatic rings. The summed E-state index contributed by atoms with van der Waals surface area (Å²) in [4.78, 5) is 29.3. The minimum Gasteiger partial charge on any atom is -0.304 e. The Kier molecular flexibility index (Phi) is 4.57. The third-order valence-corrected chi connectivity index (χ3v) is 5.13. The van der Waals surface area contributed by atoms with Crippen LogP contribution in [0.1, 0.15) is 24.2 Å². The van der Waals surface area contributed by atoms with Crippen molar-refractivity contribution in [2.75, 3.05) is 33.2 Å². The van der Waals surface area contributed by atoms with Crippen LogP contribution in [0.15, 0.2) is 41.3 Å². The maximum atomic E-state index is 12.5. The van der Waals surface area contributed by atoms with Crippen molar-refractivity contribution in [3.63, 3.8) is 0 Å². The van der Waals surface area contributed by atoms with Gasteiger partial charge in [0.05, 0.1) is 17.9 Å². The molecule has 1 aliphatic heterocycles. The topological polar surface area (TPSA) is 70.1 Å². The number of imidazole rings is 1. The van der Waals surface area contributed by atoms with E-state index in [1.807, 2.05) is 37.3 Å². The van der Waals surface area contributed by atoms with Crippen LogP contribution in [0.25, 0.3) is 11.3 Å². The molecule has 7 nitrogen and oxygen atoms in total. The van der Waals surface area contributed by atoms with E-state index in [9.17, 15) is 4.79 Å². The molecule has 4 rings (SSSR count). The molecule has 3 heterocycles. The van der Waals surface area contributed by atoms with Crippen molar-refractivity contribution in [2.45, 2.75) is 19.5 Å². The maximum absolute atomic E-state index is 12.5. The van der Waals surface area contributed by atoms with E-state index >= 15 is 0 Å². The zero-order valence-electron chi connectivity index (χ0n) is 15.2. The number of fused-ring (bicyclic) bond motifs is 1. The van der Waals surface area contributed by atoms with Gasteiger partial charge in [0.25, 0.3) is 0 Å². The van der Waals surface area contributed by atoms with Gasteiger partial charge in [0.1, 0.15) is 0 Å². The van der Waals surface area contributed by atoms with E-state index < -0.39 is 0 Å². The third-order valence-electron chi connectivity index (χ3n) is 5.13. The minimum atomic E-state index is -0.173. The average Bonchev–Trinajstić information content (AvgIpc) is 2.99. The molecule has 1 N–H and O–H groups in total. The molecule has 1 aromatic carbocycles. The van der Waals surface area contributed by atoms with Gasteiger partial charge in [0, 0.05) is 32.7 Å². The first-order valence-electron chi connectivity index (χ1n) is 9.04. The van der Waals surface area contributed by atoms with Crippen LogP contribution in [0.5, 0.6) is 0 Å². The Morgan fingerprint density at radius 2 is 1.88 bits per heavy atom. The van der Waals surface area contributed by atoms with E-state index in [0.717, 1.165) is 44.0 Å². The first kappa shape index (κ1) is 16.9. The second-order valence-electron chi connectivity index (χ2n) is 7.00. The summed E-state index contributed by atoms with van der Waals surface area (Å²) in [5.41, 5.74) is 2.96. The van der Waals surface area contributed by atoms with E-state index in [1.165, 1.54) is 0 Å². The van der Waals surface area contributed by atoms with Crippen LogP contribution in [-0.2, 0) is 6.54 Å². The fourth-order valence-electron chi connectivity index (χ4n) is 3.48. The van der Waals surface area contributed by atoms with Crippen LogP contribution in [0.3, 0.4) is 0 Å². The molecule has 0 radical (unpaired) electrons. The van der Waals surface area contributed by atoms with Gasteiger partial charge in [0.15, 0.2) is 11.3 Å². The molecule has 0 saturated carbocycles. The first-order valence-corrected chi connectivity index (χ1v) is 9.04. The molecule has 0 amide bonds. The Labute approximate surface area is 152 Å². The zero-order valence-corrected chi connectivity index (χ0v) is 15.2. The number of rotatable bonds is 4. The van der Waals surface area contributed by atoms with Gasteiger partial charge in [-0.3, -0.25) is 14.5 Å². The Balaban J connectivity index is 1.66. The van der Waals surface area contributed by atoms with Gasteiger partial charge >= 0.3 is 5.69 Å². The van der Waals surface area contributed by atoms with Crippen LogP contribution < -0.4 is 5.69 Å². The molecule has 1 saturated heterocycles. The summed E-state index contributed by atoms with van der Waals surface area (Å²) in [6.07, 6.45) is 1.77. The SMILES string of the molecule is C[C@@H](c1ccccc1)n1c(=O)[nH]c2ncc(CN3CCN(C)CC3)nc21. The lowest BCUT2D eigenvalue weighted by Crippen LogP contribution is -2.44. The predicted molar refractivity (Wildman–Crippen MR) is 101 cm³/mol. The average molecular weight is 352 g/mol. The third kappa shape index (κ3) is 3.27. The number of hydrogen-bond acceptors (Lipinski definition) is 5. The van der Waals surface area contributed by atoms with E-state index in [2.05, 4.69) is 26.8 Å². The molecular weight excluding hydrogens is 328 g/mol. The van der Waals surface area contributed by atoms with Crippen molar-refractivity contribution in [3.8, 4) is 0 Å². The molecule has 0 spiro atoms. The molecule has 1 fully saturated rings. The largest absolute Gasteiger partial charge is 0.329 e. The van der Waals surface area contributed by atoms with E-state index in [0.29, 0.717) is 11.3 Å². The second-order valence-corrected chi connectivity index (χ2v) is 7.00. The summed E-state index contributed by atoms with van der Waals surface area (Å²) in [6.45, 7) is 6.95. The number of nitrogens with zero attached hydrogens (tertiary/aromatic N) is 5. The van der Waals surface area contributed by atoms with Gasteiger partial charge in [0.2, 0.25) is 0 Å². The molecular formula is C19H24N6O. The summed E-state index contributed by atoms with van der Waals surface area (Å²) in [7, 11) is 2.15. The van der Waals surface area contributed by atoms with Crippen LogP contribution in [0.4, 0.5) is 0 Å². The lowest BCUT2D eigenvalue weighted by molar-refractivity contribution is 0.147. The second kappa shape index (κ2) is 7.01. The molecule has 0 unspecified atom stereocenters. The van der Waals surface area contributed by atoms with Gasteiger partial charge in [-0.05, 0) is 19.5 Å². The van der Waals surface area contributed by atoms with E-state index in [1.54, 1.807) is 10.8 Å². The van der Waals surface area contributed by atoms with Crippen molar-refractivity contribution < 1.29 is 0 Å². The highest BCUT2D eigenvalue weighted by Crippen LogP contribution is 2.19. The fourth-order valence-corrected chi connectivity index (χ4v) is 3.48. The van der Waals surface area contributed by atoms with E-state index in [4.69, 9.17) is 4.98 Å². The number of nitrogens with one attached hydrogen (secondary N) is 1. The van der Waals surface area contributed by atoms with Crippen LogP contribution in [0, 0.1) is 0 Å². The van der Waals surface area contributed by atoms with Crippen molar-refractivity contribution in [3.05, 3.63) is 58.3 Å². The molecule has 136 valence electrons. The number of piperazine rings is 1. The zero-order chi connectivity index (χ0) is 18.1.